The Morgan fingerprint density at radius 3 is 1.61 bits per heavy atom. The van der Waals surface area contributed by atoms with E-state index in [4.69, 9.17) is 0 Å². The van der Waals surface area contributed by atoms with Gasteiger partial charge in [-0.3, -0.25) is 9.35 Å². The first-order valence-corrected chi connectivity index (χ1v) is 15.3. The van der Waals surface area contributed by atoms with E-state index in [1.165, 1.54) is 11.1 Å². The van der Waals surface area contributed by atoms with Crippen LogP contribution in [-0.2, 0) is 34.6 Å². The Kier molecular flexibility index (Phi) is 6.27. The highest BCUT2D eigenvalue weighted by atomic mass is 127. The van der Waals surface area contributed by atoms with Crippen LogP contribution in [0, 0.1) is 10.8 Å². The minimum Gasteiger partial charge on any atom is -0.297 e. The number of rotatable bonds is 4. The van der Waals surface area contributed by atoms with Crippen LogP contribution in [-0.4, -0.2) is 24.5 Å². The third-order valence-electron chi connectivity index (χ3n) is 9.35. The number of Topliss-reactive ketones (excluding diaryl/α,β-unsaturated/α-hetero) is 1. The van der Waals surface area contributed by atoms with Gasteiger partial charge < -0.3 is 0 Å². The SMILES string of the molecule is CC(C)(C)c1ccc(C2(I)C(=O)C3(CS(=O)(=O)O)CCC2(c2ccc(C(C)(C)C)cc2)C3(C)C)cc1. The molecular weight excluding hydrogens is 583 g/mol. The molecule has 4 nitrogen and oxygen atoms in total. The topological polar surface area (TPSA) is 71.4 Å². The summed E-state index contributed by atoms with van der Waals surface area (Å²) in [5.41, 5.74) is 1.78. The second-order valence-corrected chi connectivity index (χ2v) is 16.6. The molecule has 2 aromatic carbocycles. The van der Waals surface area contributed by atoms with Crippen molar-refractivity contribution in [1.29, 1.82) is 0 Å². The lowest BCUT2D eigenvalue weighted by Crippen LogP contribution is -2.50. The Bertz CT molecular complexity index is 1300. The van der Waals surface area contributed by atoms with Crippen LogP contribution in [0.15, 0.2) is 48.5 Å². The minimum absolute atomic E-state index is 0.00812. The third kappa shape index (κ3) is 3.68. The lowest BCUT2D eigenvalue weighted by atomic mass is 9.58. The van der Waals surface area contributed by atoms with Crippen molar-refractivity contribution < 1.29 is 17.8 Å². The van der Waals surface area contributed by atoms with E-state index < -0.39 is 35.5 Å². The van der Waals surface area contributed by atoms with Crippen LogP contribution in [0.3, 0.4) is 0 Å². The third-order valence-corrected chi connectivity index (χ3v) is 12.2. The Balaban J connectivity index is 2.01. The zero-order valence-corrected chi connectivity index (χ0v) is 25.7. The Morgan fingerprint density at radius 1 is 0.806 bits per heavy atom. The second kappa shape index (κ2) is 8.12. The lowest BCUT2D eigenvalue weighted by Gasteiger charge is -2.48. The minimum atomic E-state index is -4.37. The molecule has 36 heavy (non-hydrogen) atoms. The van der Waals surface area contributed by atoms with Crippen molar-refractivity contribution in [2.24, 2.45) is 10.8 Å². The molecule has 3 unspecified atom stereocenters. The Hall–Kier alpha value is -1.25. The zero-order valence-electron chi connectivity index (χ0n) is 22.7. The molecule has 6 heteroatoms. The molecule has 0 spiro atoms. The molecule has 0 heterocycles. The van der Waals surface area contributed by atoms with Crippen molar-refractivity contribution in [3.05, 3.63) is 70.8 Å². The number of hydrogen-bond donors (Lipinski definition) is 1. The summed E-state index contributed by atoms with van der Waals surface area (Å²) in [6.45, 7) is 17.1. The summed E-state index contributed by atoms with van der Waals surface area (Å²) in [7, 11) is -4.37. The molecule has 0 aliphatic heterocycles. The van der Waals surface area contributed by atoms with E-state index in [0.29, 0.717) is 12.8 Å². The molecule has 0 amide bonds. The highest BCUT2D eigenvalue weighted by Crippen LogP contribution is 2.79. The average molecular weight is 623 g/mol. The van der Waals surface area contributed by atoms with Gasteiger partial charge in [0.1, 0.15) is 3.42 Å². The van der Waals surface area contributed by atoms with Gasteiger partial charge in [-0.15, -0.1) is 0 Å². The van der Waals surface area contributed by atoms with Gasteiger partial charge in [0.05, 0.1) is 11.2 Å². The van der Waals surface area contributed by atoms with Gasteiger partial charge in [-0.2, -0.15) is 8.42 Å². The van der Waals surface area contributed by atoms with E-state index in [1.807, 2.05) is 26.0 Å². The van der Waals surface area contributed by atoms with Crippen molar-refractivity contribution in [3.8, 4) is 0 Å². The number of hydrogen-bond acceptors (Lipinski definition) is 3. The van der Waals surface area contributed by atoms with Crippen molar-refractivity contribution in [2.45, 2.75) is 87.9 Å². The molecule has 0 aromatic heterocycles. The first-order chi connectivity index (χ1) is 16.2. The van der Waals surface area contributed by atoms with Gasteiger partial charge in [0.2, 0.25) is 0 Å². The number of carbonyl (C=O) groups excluding carboxylic acids is 1. The van der Waals surface area contributed by atoms with Gasteiger partial charge in [-0.25, -0.2) is 0 Å². The van der Waals surface area contributed by atoms with Gasteiger partial charge in [0, 0.05) is 5.41 Å². The summed E-state index contributed by atoms with van der Waals surface area (Å²) < 4.78 is 33.6. The molecule has 2 aliphatic carbocycles. The maximum atomic E-state index is 14.6. The molecule has 2 aliphatic rings. The van der Waals surface area contributed by atoms with E-state index in [0.717, 1.165) is 11.1 Å². The first-order valence-electron chi connectivity index (χ1n) is 12.7. The van der Waals surface area contributed by atoms with Crippen LogP contribution >= 0.6 is 22.6 Å². The number of alkyl halides is 1. The van der Waals surface area contributed by atoms with Crippen LogP contribution in [0.2, 0.25) is 0 Å². The van der Waals surface area contributed by atoms with Gasteiger partial charge in [0.25, 0.3) is 10.1 Å². The van der Waals surface area contributed by atoms with Crippen LogP contribution in [0.25, 0.3) is 0 Å². The van der Waals surface area contributed by atoms with Crippen LogP contribution < -0.4 is 0 Å². The maximum Gasteiger partial charge on any atom is 0.265 e. The van der Waals surface area contributed by atoms with E-state index in [-0.39, 0.29) is 16.6 Å². The summed E-state index contributed by atoms with van der Waals surface area (Å²) in [6.07, 6.45) is 1.10. The van der Waals surface area contributed by atoms with E-state index in [1.54, 1.807) is 0 Å². The van der Waals surface area contributed by atoms with Gasteiger partial charge in [-0.05, 0) is 51.3 Å². The largest absolute Gasteiger partial charge is 0.297 e. The molecule has 2 aromatic rings. The molecule has 2 fully saturated rings. The summed E-state index contributed by atoms with van der Waals surface area (Å²) in [5, 5.41) is 0. The van der Waals surface area contributed by atoms with Crippen molar-refractivity contribution >= 4 is 38.5 Å². The number of halogens is 1. The molecule has 3 atom stereocenters. The number of ketones is 1. The van der Waals surface area contributed by atoms with Crippen molar-refractivity contribution in [2.75, 3.05) is 5.75 Å². The second-order valence-electron chi connectivity index (χ2n) is 13.5. The first kappa shape index (κ1) is 27.8. The Labute approximate surface area is 230 Å². The molecule has 1 N–H and O–H groups in total. The lowest BCUT2D eigenvalue weighted by molar-refractivity contribution is -0.129. The fraction of sp³-hybridized carbons (Fsp3) is 0.567. The van der Waals surface area contributed by atoms with E-state index in [2.05, 4.69) is 101 Å². The quantitative estimate of drug-likeness (QED) is 0.224. The highest BCUT2D eigenvalue weighted by molar-refractivity contribution is 14.1. The predicted molar refractivity (Wildman–Crippen MR) is 155 cm³/mol. The normalized spacial score (nSPS) is 30.1. The molecule has 0 radical (unpaired) electrons. The summed E-state index contributed by atoms with van der Waals surface area (Å²) in [5.74, 6) is -0.633. The molecule has 2 bridgehead atoms. The van der Waals surface area contributed by atoms with E-state index in [9.17, 15) is 17.8 Å². The van der Waals surface area contributed by atoms with Crippen molar-refractivity contribution in [3.63, 3.8) is 0 Å². The predicted octanol–water partition coefficient (Wildman–Crippen LogP) is 7.13. The fourth-order valence-corrected chi connectivity index (χ4v) is 10.5. The highest BCUT2D eigenvalue weighted by Gasteiger charge is 2.82. The van der Waals surface area contributed by atoms with Gasteiger partial charge in [-0.1, -0.05) is 127 Å². The zero-order chi connectivity index (χ0) is 27.2. The molecule has 0 saturated heterocycles. The number of benzene rings is 2. The average Bonchev–Trinajstić information content (AvgIpc) is 3.03. The maximum absolute atomic E-state index is 14.6. The summed E-state index contributed by atoms with van der Waals surface area (Å²) in [6, 6.07) is 16.9. The van der Waals surface area contributed by atoms with Crippen molar-refractivity contribution in [1.82, 2.24) is 0 Å². The smallest absolute Gasteiger partial charge is 0.265 e. The van der Waals surface area contributed by atoms with Crippen LogP contribution in [0.5, 0.6) is 0 Å². The Morgan fingerprint density at radius 2 is 1.22 bits per heavy atom. The van der Waals surface area contributed by atoms with Crippen LogP contribution in [0.1, 0.15) is 90.5 Å². The molecule has 4 rings (SSSR count). The standard InChI is InChI=1S/C30H39IO4S/c1-25(2,3)20-9-13-22(14-10-20)29-18-17-28(27(29,7)8,19-36(33,34)35)24(32)30(29,31)23-15-11-21(12-16-23)26(4,5)6/h9-16H,17-19H2,1-8H3,(H,33,34,35). The monoisotopic (exact) mass is 622 g/mol. The number of carbonyl (C=O) groups is 1. The summed E-state index contributed by atoms with van der Waals surface area (Å²) >= 11 is 2.32. The number of fused-ring (bicyclic) bond motifs is 2. The van der Waals surface area contributed by atoms with Gasteiger partial charge in [0.15, 0.2) is 5.78 Å². The van der Waals surface area contributed by atoms with Gasteiger partial charge >= 0.3 is 0 Å². The van der Waals surface area contributed by atoms with E-state index >= 15 is 0 Å². The summed E-state index contributed by atoms with van der Waals surface area (Å²) in [4.78, 5) is 14.6. The van der Waals surface area contributed by atoms with Crippen LogP contribution in [0.4, 0.5) is 0 Å². The fourth-order valence-electron chi connectivity index (χ4n) is 7.12. The molecular formula is C30H39IO4S. The molecule has 2 saturated carbocycles. The molecule has 196 valence electrons.